The van der Waals surface area contributed by atoms with E-state index in [1.807, 2.05) is 62.4 Å². The molecule has 124 valence electrons. The molecule has 0 saturated heterocycles. The summed E-state index contributed by atoms with van der Waals surface area (Å²) in [5.74, 6) is 0. The minimum Gasteiger partial charge on any atom is -0.207 e. The molecule has 4 heteroatoms. The molecule has 0 aliphatic carbocycles. The first-order chi connectivity index (χ1) is 11.6. The molecule has 0 spiro atoms. The Morgan fingerprint density at radius 1 is 0.875 bits per heavy atom. The Bertz CT molecular complexity index is 931. The molecule has 0 aromatic heterocycles. The van der Waals surface area contributed by atoms with Gasteiger partial charge in [0.05, 0.1) is 4.90 Å². The van der Waals surface area contributed by atoms with Gasteiger partial charge in [0, 0.05) is 12.6 Å². The molecule has 3 rings (SSSR count). The van der Waals surface area contributed by atoms with E-state index in [1.165, 1.54) is 0 Å². The molecule has 1 atom stereocenters. The van der Waals surface area contributed by atoms with E-state index in [-0.39, 0.29) is 6.04 Å². The molecule has 0 aliphatic rings. The summed E-state index contributed by atoms with van der Waals surface area (Å²) >= 11 is 0. The summed E-state index contributed by atoms with van der Waals surface area (Å²) in [5, 5.41) is 2.21. The predicted molar refractivity (Wildman–Crippen MR) is 98.4 cm³/mol. The van der Waals surface area contributed by atoms with E-state index < -0.39 is 10.0 Å². The van der Waals surface area contributed by atoms with Gasteiger partial charge < -0.3 is 0 Å². The van der Waals surface area contributed by atoms with Crippen LogP contribution in [0.15, 0.2) is 77.7 Å². The molecule has 0 N–H and O–H groups in total. The van der Waals surface area contributed by atoms with Crippen LogP contribution in [0.2, 0.25) is 0 Å². The number of rotatable bonds is 5. The van der Waals surface area contributed by atoms with Crippen LogP contribution in [0.1, 0.15) is 25.5 Å². The Morgan fingerprint density at radius 3 is 2.21 bits per heavy atom. The molecule has 0 fully saturated rings. The molecular formula is C20H21NO2S. The fraction of sp³-hybridized carbons (Fsp3) is 0.200. The quantitative estimate of drug-likeness (QED) is 0.680. The molecule has 24 heavy (non-hydrogen) atoms. The lowest BCUT2D eigenvalue weighted by Crippen LogP contribution is -2.33. The molecule has 3 aromatic rings. The maximum absolute atomic E-state index is 13.0. The van der Waals surface area contributed by atoms with Gasteiger partial charge in [-0.3, -0.25) is 0 Å². The van der Waals surface area contributed by atoms with Gasteiger partial charge in [0.1, 0.15) is 0 Å². The Balaban J connectivity index is 2.08. The van der Waals surface area contributed by atoms with Crippen molar-refractivity contribution < 1.29 is 8.42 Å². The van der Waals surface area contributed by atoms with E-state index in [0.717, 1.165) is 16.3 Å². The highest BCUT2D eigenvalue weighted by Crippen LogP contribution is 2.31. The first kappa shape index (κ1) is 16.7. The zero-order valence-electron chi connectivity index (χ0n) is 13.9. The first-order valence-electron chi connectivity index (χ1n) is 8.10. The van der Waals surface area contributed by atoms with Crippen LogP contribution in [0.4, 0.5) is 0 Å². The standard InChI is InChI=1S/C20H21NO2S/c1-3-21(24(22,23)18-12-5-4-6-13-18)16(2)19-15-9-11-17-10-7-8-14-20(17)19/h4-16H,3H2,1-2H3/t16-/m0/s1. The Morgan fingerprint density at radius 2 is 1.50 bits per heavy atom. The molecule has 3 nitrogen and oxygen atoms in total. The average molecular weight is 339 g/mol. The average Bonchev–Trinajstić information content (AvgIpc) is 2.62. The van der Waals surface area contributed by atoms with Gasteiger partial charge in [0.2, 0.25) is 10.0 Å². The van der Waals surface area contributed by atoms with Crippen molar-refractivity contribution in [3.63, 3.8) is 0 Å². The number of nitrogens with zero attached hydrogens (tertiary/aromatic N) is 1. The van der Waals surface area contributed by atoms with Crippen molar-refractivity contribution in [3.05, 3.63) is 78.4 Å². The predicted octanol–water partition coefficient (Wildman–Crippen LogP) is 4.61. The summed E-state index contributed by atoms with van der Waals surface area (Å²) in [6.07, 6.45) is 0. The number of fused-ring (bicyclic) bond motifs is 1. The highest BCUT2D eigenvalue weighted by molar-refractivity contribution is 7.89. The normalized spacial score (nSPS) is 13.3. The highest BCUT2D eigenvalue weighted by atomic mass is 32.2. The number of benzene rings is 3. The second kappa shape index (κ2) is 6.75. The molecule has 3 aromatic carbocycles. The lowest BCUT2D eigenvalue weighted by molar-refractivity contribution is 0.359. The molecule has 0 amide bonds. The summed E-state index contributed by atoms with van der Waals surface area (Å²) in [7, 11) is -3.53. The SMILES string of the molecule is CCN([C@@H](C)c1cccc2ccccc12)S(=O)(=O)c1ccccc1. The van der Waals surface area contributed by atoms with Crippen LogP contribution in [0.5, 0.6) is 0 Å². The third-order valence-corrected chi connectivity index (χ3v) is 6.43. The third kappa shape index (κ3) is 2.95. The Kier molecular flexibility index (Phi) is 4.69. The number of hydrogen-bond acceptors (Lipinski definition) is 2. The minimum absolute atomic E-state index is 0.244. The van der Waals surface area contributed by atoms with Crippen molar-refractivity contribution in [2.45, 2.75) is 24.8 Å². The van der Waals surface area contributed by atoms with Crippen molar-refractivity contribution in [2.24, 2.45) is 0 Å². The molecular weight excluding hydrogens is 318 g/mol. The lowest BCUT2D eigenvalue weighted by Gasteiger charge is -2.28. The summed E-state index contributed by atoms with van der Waals surface area (Å²) < 4.78 is 27.6. The van der Waals surface area contributed by atoms with Gasteiger partial charge in [-0.2, -0.15) is 4.31 Å². The summed E-state index contributed by atoms with van der Waals surface area (Å²) in [6, 6.07) is 22.5. The maximum Gasteiger partial charge on any atom is 0.243 e. The molecule has 0 unspecified atom stereocenters. The van der Waals surface area contributed by atoms with Crippen LogP contribution in [-0.2, 0) is 10.0 Å². The Hall–Kier alpha value is -2.17. The van der Waals surface area contributed by atoms with E-state index in [1.54, 1.807) is 28.6 Å². The van der Waals surface area contributed by atoms with Gasteiger partial charge in [0.15, 0.2) is 0 Å². The largest absolute Gasteiger partial charge is 0.243 e. The van der Waals surface area contributed by atoms with Gasteiger partial charge in [-0.15, -0.1) is 0 Å². The Labute approximate surface area is 143 Å². The van der Waals surface area contributed by atoms with Crippen LogP contribution in [0, 0.1) is 0 Å². The van der Waals surface area contributed by atoms with Crippen molar-refractivity contribution in [3.8, 4) is 0 Å². The fourth-order valence-corrected chi connectivity index (χ4v) is 4.79. The fourth-order valence-electron chi connectivity index (χ4n) is 3.15. The highest BCUT2D eigenvalue weighted by Gasteiger charge is 2.29. The van der Waals surface area contributed by atoms with Crippen LogP contribution >= 0.6 is 0 Å². The maximum atomic E-state index is 13.0. The molecule has 0 bridgehead atoms. The lowest BCUT2D eigenvalue weighted by atomic mass is 10.00. The van der Waals surface area contributed by atoms with E-state index in [4.69, 9.17) is 0 Å². The van der Waals surface area contributed by atoms with E-state index >= 15 is 0 Å². The first-order valence-corrected chi connectivity index (χ1v) is 9.54. The molecule has 0 aliphatic heterocycles. The third-order valence-electron chi connectivity index (χ3n) is 4.37. The molecule has 0 saturated carbocycles. The monoisotopic (exact) mass is 339 g/mol. The van der Waals surface area contributed by atoms with Crippen molar-refractivity contribution in [1.82, 2.24) is 4.31 Å². The summed E-state index contributed by atoms with van der Waals surface area (Å²) in [5.41, 5.74) is 1.02. The second-order valence-electron chi connectivity index (χ2n) is 5.77. The van der Waals surface area contributed by atoms with Crippen LogP contribution in [0.25, 0.3) is 10.8 Å². The number of sulfonamides is 1. The summed E-state index contributed by atoms with van der Waals surface area (Å²) in [6.45, 7) is 4.25. The van der Waals surface area contributed by atoms with Crippen molar-refractivity contribution >= 4 is 20.8 Å². The molecule has 0 radical (unpaired) electrons. The van der Waals surface area contributed by atoms with E-state index in [9.17, 15) is 8.42 Å². The van der Waals surface area contributed by atoms with Gasteiger partial charge >= 0.3 is 0 Å². The smallest absolute Gasteiger partial charge is 0.207 e. The van der Waals surface area contributed by atoms with Crippen LogP contribution < -0.4 is 0 Å². The van der Waals surface area contributed by atoms with Crippen molar-refractivity contribution in [1.29, 1.82) is 0 Å². The van der Waals surface area contributed by atoms with E-state index in [2.05, 4.69) is 0 Å². The summed E-state index contributed by atoms with van der Waals surface area (Å²) in [4.78, 5) is 0.332. The van der Waals surface area contributed by atoms with Crippen LogP contribution in [-0.4, -0.2) is 19.3 Å². The topological polar surface area (TPSA) is 37.4 Å². The molecule has 0 heterocycles. The minimum atomic E-state index is -3.53. The van der Waals surface area contributed by atoms with Crippen molar-refractivity contribution in [2.75, 3.05) is 6.54 Å². The van der Waals surface area contributed by atoms with Gasteiger partial charge in [-0.25, -0.2) is 8.42 Å². The second-order valence-corrected chi connectivity index (χ2v) is 7.66. The number of hydrogen-bond donors (Lipinski definition) is 0. The zero-order chi connectivity index (χ0) is 17.2. The van der Waals surface area contributed by atoms with Crippen LogP contribution in [0.3, 0.4) is 0 Å². The van der Waals surface area contributed by atoms with Gasteiger partial charge in [0.25, 0.3) is 0 Å². The zero-order valence-corrected chi connectivity index (χ0v) is 14.7. The van der Waals surface area contributed by atoms with Gasteiger partial charge in [-0.05, 0) is 35.4 Å². The van der Waals surface area contributed by atoms with Gasteiger partial charge in [-0.1, -0.05) is 67.6 Å². The van der Waals surface area contributed by atoms with E-state index in [0.29, 0.717) is 11.4 Å².